The standard InChI is InChI=1S/C25H30O3/c1-25(2,3)28-24(26)23-15-13-22(14-16-23)21-11-9-20(10-12-21)18-27-17-19-7-5-4-6-8-19/h4-8,11,13-16,20H,9-10,12,17-18H2,1-3H3. The van der Waals surface area contributed by atoms with E-state index in [0.717, 1.165) is 25.9 Å². The van der Waals surface area contributed by atoms with Gasteiger partial charge in [0.1, 0.15) is 5.60 Å². The van der Waals surface area contributed by atoms with Crippen LogP contribution in [0.5, 0.6) is 0 Å². The van der Waals surface area contributed by atoms with Gasteiger partial charge in [-0.1, -0.05) is 48.5 Å². The third-order valence-electron chi connectivity index (χ3n) is 4.87. The van der Waals surface area contributed by atoms with Crippen molar-refractivity contribution in [2.75, 3.05) is 6.61 Å². The second-order valence-corrected chi connectivity index (χ2v) is 8.45. The van der Waals surface area contributed by atoms with Crippen LogP contribution in [-0.4, -0.2) is 18.2 Å². The molecular weight excluding hydrogens is 348 g/mol. The number of hydrogen-bond acceptors (Lipinski definition) is 3. The number of esters is 1. The fraction of sp³-hybridized carbons (Fsp3) is 0.400. The molecule has 0 saturated heterocycles. The van der Waals surface area contributed by atoms with Gasteiger partial charge in [-0.3, -0.25) is 0 Å². The van der Waals surface area contributed by atoms with Crippen LogP contribution in [0, 0.1) is 5.92 Å². The molecule has 2 aromatic rings. The van der Waals surface area contributed by atoms with Gasteiger partial charge in [0, 0.05) is 0 Å². The van der Waals surface area contributed by atoms with Crippen LogP contribution >= 0.6 is 0 Å². The average Bonchev–Trinajstić information content (AvgIpc) is 2.68. The first-order valence-electron chi connectivity index (χ1n) is 10.1. The molecule has 28 heavy (non-hydrogen) atoms. The number of benzene rings is 2. The third kappa shape index (κ3) is 6.07. The molecule has 3 rings (SSSR count). The van der Waals surface area contributed by atoms with Crippen molar-refractivity contribution in [2.24, 2.45) is 5.92 Å². The SMILES string of the molecule is CC(C)(C)OC(=O)c1ccc(C2=CCC(COCc3ccccc3)CC2)cc1. The van der Waals surface area contributed by atoms with E-state index in [-0.39, 0.29) is 5.97 Å². The zero-order valence-corrected chi connectivity index (χ0v) is 17.1. The van der Waals surface area contributed by atoms with Crippen molar-refractivity contribution < 1.29 is 14.3 Å². The molecule has 0 saturated carbocycles. The van der Waals surface area contributed by atoms with Crippen molar-refractivity contribution in [3.63, 3.8) is 0 Å². The van der Waals surface area contributed by atoms with Crippen LogP contribution in [-0.2, 0) is 16.1 Å². The summed E-state index contributed by atoms with van der Waals surface area (Å²) in [5.74, 6) is 0.306. The molecule has 1 unspecified atom stereocenters. The largest absolute Gasteiger partial charge is 0.456 e. The minimum absolute atomic E-state index is 0.271. The Kier molecular flexibility index (Phi) is 6.69. The Balaban J connectivity index is 1.49. The maximum absolute atomic E-state index is 12.1. The van der Waals surface area contributed by atoms with Crippen LogP contribution in [0.1, 0.15) is 61.5 Å². The van der Waals surface area contributed by atoms with Gasteiger partial charge in [-0.15, -0.1) is 0 Å². The van der Waals surface area contributed by atoms with Gasteiger partial charge >= 0.3 is 5.97 Å². The highest BCUT2D eigenvalue weighted by Crippen LogP contribution is 2.30. The van der Waals surface area contributed by atoms with Gasteiger partial charge in [-0.25, -0.2) is 4.79 Å². The molecule has 0 heterocycles. The summed E-state index contributed by atoms with van der Waals surface area (Å²) in [6.07, 6.45) is 5.54. The van der Waals surface area contributed by atoms with Crippen molar-refractivity contribution in [1.29, 1.82) is 0 Å². The number of allylic oxidation sites excluding steroid dienone is 2. The van der Waals surface area contributed by atoms with Crippen molar-refractivity contribution in [1.82, 2.24) is 0 Å². The Bertz CT molecular complexity index is 798. The van der Waals surface area contributed by atoms with E-state index in [1.54, 1.807) is 0 Å². The van der Waals surface area contributed by atoms with Crippen molar-refractivity contribution in [2.45, 2.75) is 52.2 Å². The first-order chi connectivity index (χ1) is 13.4. The molecule has 3 nitrogen and oxygen atoms in total. The number of carbonyl (C=O) groups is 1. The van der Waals surface area contributed by atoms with Gasteiger partial charge in [-0.05, 0) is 74.8 Å². The quantitative estimate of drug-likeness (QED) is 0.575. The van der Waals surface area contributed by atoms with Gasteiger partial charge in [0.25, 0.3) is 0 Å². The Morgan fingerprint density at radius 2 is 1.75 bits per heavy atom. The highest BCUT2D eigenvalue weighted by Gasteiger charge is 2.19. The molecule has 2 aromatic carbocycles. The second kappa shape index (κ2) is 9.20. The normalized spacial score (nSPS) is 17.1. The maximum Gasteiger partial charge on any atom is 0.338 e. The molecule has 0 bridgehead atoms. The Hall–Kier alpha value is -2.39. The summed E-state index contributed by atoms with van der Waals surface area (Å²) >= 11 is 0. The van der Waals surface area contributed by atoms with E-state index in [9.17, 15) is 4.79 Å². The molecule has 0 spiro atoms. The van der Waals surface area contributed by atoms with Gasteiger partial charge in [-0.2, -0.15) is 0 Å². The molecule has 1 aliphatic carbocycles. The Morgan fingerprint density at radius 1 is 1.04 bits per heavy atom. The molecule has 0 amide bonds. The van der Waals surface area contributed by atoms with Gasteiger partial charge < -0.3 is 9.47 Å². The van der Waals surface area contributed by atoms with E-state index < -0.39 is 5.60 Å². The predicted octanol–water partition coefficient (Wildman–Crippen LogP) is 6.04. The monoisotopic (exact) mass is 378 g/mol. The molecule has 1 atom stereocenters. The van der Waals surface area contributed by atoms with Crippen LogP contribution in [0.3, 0.4) is 0 Å². The first kappa shape index (κ1) is 20.3. The summed E-state index contributed by atoms with van der Waals surface area (Å²) in [7, 11) is 0. The predicted molar refractivity (Wildman–Crippen MR) is 113 cm³/mol. The van der Waals surface area contributed by atoms with Crippen LogP contribution in [0.2, 0.25) is 0 Å². The van der Waals surface area contributed by atoms with E-state index in [1.165, 1.54) is 16.7 Å². The lowest BCUT2D eigenvalue weighted by Gasteiger charge is -2.22. The highest BCUT2D eigenvalue weighted by atomic mass is 16.6. The number of ether oxygens (including phenoxy) is 2. The van der Waals surface area contributed by atoms with Crippen molar-refractivity contribution in [3.8, 4) is 0 Å². The smallest absolute Gasteiger partial charge is 0.338 e. The van der Waals surface area contributed by atoms with Crippen molar-refractivity contribution in [3.05, 3.63) is 77.4 Å². The fourth-order valence-electron chi connectivity index (χ4n) is 3.38. The molecule has 0 radical (unpaired) electrons. The average molecular weight is 379 g/mol. The Labute approximate surface area is 168 Å². The zero-order chi connectivity index (χ0) is 20.0. The lowest BCUT2D eigenvalue weighted by atomic mass is 9.87. The van der Waals surface area contributed by atoms with Crippen LogP contribution in [0.25, 0.3) is 5.57 Å². The van der Waals surface area contributed by atoms with Crippen LogP contribution < -0.4 is 0 Å². The van der Waals surface area contributed by atoms with Crippen LogP contribution in [0.4, 0.5) is 0 Å². The summed E-state index contributed by atoms with van der Waals surface area (Å²) in [4.78, 5) is 12.1. The van der Waals surface area contributed by atoms with Gasteiger partial charge in [0.05, 0.1) is 18.8 Å². The number of carbonyl (C=O) groups excluding carboxylic acids is 1. The molecule has 148 valence electrons. The van der Waals surface area contributed by atoms with Crippen LogP contribution in [0.15, 0.2) is 60.7 Å². The van der Waals surface area contributed by atoms with E-state index >= 15 is 0 Å². The van der Waals surface area contributed by atoms with E-state index in [4.69, 9.17) is 9.47 Å². The summed E-state index contributed by atoms with van der Waals surface area (Å²) in [6.45, 7) is 7.13. The summed E-state index contributed by atoms with van der Waals surface area (Å²) in [5.41, 5.74) is 3.90. The fourth-order valence-corrected chi connectivity index (χ4v) is 3.38. The molecule has 3 heteroatoms. The molecule has 0 aromatic heterocycles. The third-order valence-corrected chi connectivity index (χ3v) is 4.87. The summed E-state index contributed by atoms with van der Waals surface area (Å²) < 4.78 is 11.3. The van der Waals surface area contributed by atoms with Gasteiger partial charge in [0.2, 0.25) is 0 Å². The number of hydrogen-bond donors (Lipinski definition) is 0. The molecule has 1 aliphatic rings. The second-order valence-electron chi connectivity index (χ2n) is 8.45. The van der Waals surface area contributed by atoms with E-state index in [2.05, 4.69) is 18.2 Å². The topological polar surface area (TPSA) is 35.5 Å². The highest BCUT2D eigenvalue weighted by molar-refractivity contribution is 5.90. The molecule has 0 fully saturated rings. The van der Waals surface area contributed by atoms with E-state index in [1.807, 2.05) is 63.2 Å². The number of rotatable bonds is 6. The summed E-state index contributed by atoms with van der Waals surface area (Å²) in [5, 5.41) is 0. The summed E-state index contributed by atoms with van der Waals surface area (Å²) in [6, 6.07) is 18.1. The minimum Gasteiger partial charge on any atom is -0.456 e. The first-order valence-corrected chi connectivity index (χ1v) is 10.1. The Morgan fingerprint density at radius 3 is 2.36 bits per heavy atom. The minimum atomic E-state index is -0.473. The molecular formula is C25H30O3. The zero-order valence-electron chi connectivity index (χ0n) is 17.1. The van der Waals surface area contributed by atoms with Gasteiger partial charge in [0.15, 0.2) is 0 Å². The lowest BCUT2D eigenvalue weighted by Crippen LogP contribution is -2.23. The van der Waals surface area contributed by atoms with E-state index in [0.29, 0.717) is 18.1 Å². The lowest BCUT2D eigenvalue weighted by molar-refractivity contribution is 0.00695. The molecule has 0 aliphatic heterocycles. The van der Waals surface area contributed by atoms with Crippen molar-refractivity contribution >= 4 is 11.5 Å². The molecule has 0 N–H and O–H groups in total. The maximum atomic E-state index is 12.1.